The van der Waals surface area contributed by atoms with Crippen molar-refractivity contribution < 1.29 is 17.9 Å². The van der Waals surface area contributed by atoms with E-state index < -0.39 is 11.9 Å². The summed E-state index contributed by atoms with van der Waals surface area (Å²) in [5.74, 6) is 0.701. The van der Waals surface area contributed by atoms with Crippen LogP contribution in [0.4, 0.5) is 13.2 Å². The lowest BCUT2D eigenvalue weighted by atomic mass is 10.0. The monoisotopic (exact) mass is 333 g/mol. The molecule has 0 fully saturated rings. The zero-order valence-corrected chi connectivity index (χ0v) is 13.3. The van der Waals surface area contributed by atoms with Crippen molar-refractivity contribution in [2.24, 2.45) is 0 Å². The number of allylic oxidation sites excluding steroid dienone is 2. The Bertz CT molecular complexity index is 736. The fourth-order valence-corrected chi connectivity index (χ4v) is 2.26. The Labute approximate surface area is 139 Å². The molecule has 126 valence electrons. The second-order valence-electron chi connectivity index (χ2n) is 5.14. The molecular formula is C19H18F3NO. The minimum atomic E-state index is -4.49. The molecule has 2 nitrogen and oxygen atoms in total. The van der Waals surface area contributed by atoms with E-state index in [9.17, 15) is 13.2 Å². The summed E-state index contributed by atoms with van der Waals surface area (Å²) >= 11 is 0. The van der Waals surface area contributed by atoms with Gasteiger partial charge in [0, 0.05) is 0 Å². The smallest absolute Gasteiger partial charge is 0.433 e. The van der Waals surface area contributed by atoms with Gasteiger partial charge in [-0.15, -0.1) is 0 Å². The first-order valence-corrected chi connectivity index (χ1v) is 7.51. The molecule has 0 amide bonds. The molecule has 0 saturated carbocycles. The molecule has 24 heavy (non-hydrogen) atoms. The van der Waals surface area contributed by atoms with E-state index >= 15 is 0 Å². The summed E-state index contributed by atoms with van der Waals surface area (Å²) in [4.78, 5) is 3.65. The zero-order chi connectivity index (χ0) is 17.6. The Morgan fingerprint density at radius 2 is 1.96 bits per heavy atom. The predicted octanol–water partition coefficient (Wildman–Crippen LogP) is 5.29. The van der Waals surface area contributed by atoms with Crippen molar-refractivity contribution in [2.45, 2.75) is 19.5 Å². The van der Waals surface area contributed by atoms with Crippen LogP contribution in [0.1, 0.15) is 29.4 Å². The van der Waals surface area contributed by atoms with Crippen LogP contribution in [-0.4, -0.2) is 11.6 Å². The molecule has 0 radical (unpaired) electrons. The SMILES string of the molecule is C=C/C=C/c1cc(Cc2cccc(OCC)c2)cc(C(F)(F)F)n1. The van der Waals surface area contributed by atoms with Crippen LogP contribution in [0.15, 0.2) is 55.1 Å². The molecule has 1 heterocycles. The number of hydrogen-bond donors (Lipinski definition) is 0. The van der Waals surface area contributed by atoms with E-state index in [0.717, 1.165) is 11.6 Å². The van der Waals surface area contributed by atoms with Gasteiger partial charge in [-0.05, 0) is 54.8 Å². The minimum Gasteiger partial charge on any atom is -0.494 e. The van der Waals surface area contributed by atoms with Gasteiger partial charge in [-0.25, -0.2) is 4.98 Å². The number of nitrogens with zero attached hydrogens (tertiary/aromatic N) is 1. The molecule has 1 aromatic carbocycles. The predicted molar refractivity (Wildman–Crippen MR) is 88.9 cm³/mol. The summed E-state index contributed by atoms with van der Waals surface area (Å²) in [6, 6.07) is 10.1. The van der Waals surface area contributed by atoms with Crippen LogP contribution in [0.2, 0.25) is 0 Å². The Hall–Kier alpha value is -2.56. The molecule has 0 atom stereocenters. The number of pyridine rings is 1. The van der Waals surface area contributed by atoms with E-state index in [2.05, 4.69) is 11.6 Å². The highest BCUT2D eigenvalue weighted by atomic mass is 19.4. The maximum atomic E-state index is 13.0. The molecule has 0 spiro atoms. The summed E-state index contributed by atoms with van der Waals surface area (Å²) in [6.07, 6.45) is 0.429. The molecule has 0 saturated heterocycles. The van der Waals surface area contributed by atoms with Gasteiger partial charge in [0.25, 0.3) is 0 Å². The highest BCUT2D eigenvalue weighted by Crippen LogP contribution is 2.29. The van der Waals surface area contributed by atoms with Crippen molar-refractivity contribution in [1.82, 2.24) is 4.98 Å². The third kappa shape index (κ3) is 4.98. The third-order valence-corrected chi connectivity index (χ3v) is 3.22. The Kier molecular flexibility index (Phi) is 5.79. The molecular weight excluding hydrogens is 315 g/mol. The average Bonchev–Trinajstić information content (AvgIpc) is 2.52. The molecule has 0 N–H and O–H groups in total. The zero-order valence-electron chi connectivity index (χ0n) is 13.3. The van der Waals surface area contributed by atoms with Crippen LogP contribution in [-0.2, 0) is 12.6 Å². The summed E-state index contributed by atoms with van der Waals surface area (Å²) in [7, 11) is 0. The number of alkyl halides is 3. The van der Waals surface area contributed by atoms with Crippen LogP contribution in [0.3, 0.4) is 0 Å². The van der Waals surface area contributed by atoms with Gasteiger partial charge in [0.2, 0.25) is 0 Å². The van der Waals surface area contributed by atoms with E-state index in [1.807, 2.05) is 31.2 Å². The van der Waals surface area contributed by atoms with Crippen molar-refractivity contribution in [1.29, 1.82) is 0 Å². The quantitative estimate of drug-likeness (QED) is 0.670. The maximum Gasteiger partial charge on any atom is 0.433 e. The van der Waals surface area contributed by atoms with Crippen molar-refractivity contribution in [3.8, 4) is 5.75 Å². The summed E-state index contributed by atoms with van der Waals surface area (Å²) in [6.45, 7) is 5.93. The summed E-state index contributed by atoms with van der Waals surface area (Å²) < 4.78 is 44.6. The molecule has 0 unspecified atom stereocenters. The van der Waals surface area contributed by atoms with Crippen molar-refractivity contribution in [3.05, 3.63) is 77.6 Å². The van der Waals surface area contributed by atoms with Crippen LogP contribution in [0.5, 0.6) is 5.75 Å². The van der Waals surface area contributed by atoms with Crippen molar-refractivity contribution in [2.75, 3.05) is 6.61 Å². The van der Waals surface area contributed by atoms with E-state index in [-0.39, 0.29) is 5.69 Å². The number of halogens is 3. The van der Waals surface area contributed by atoms with Crippen LogP contribution >= 0.6 is 0 Å². The number of ether oxygens (including phenoxy) is 1. The first-order chi connectivity index (χ1) is 11.4. The largest absolute Gasteiger partial charge is 0.494 e. The van der Waals surface area contributed by atoms with Crippen LogP contribution < -0.4 is 4.74 Å². The highest BCUT2D eigenvalue weighted by Gasteiger charge is 2.33. The molecule has 0 aliphatic heterocycles. The Morgan fingerprint density at radius 3 is 2.62 bits per heavy atom. The van der Waals surface area contributed by atoms with E-state index in [4.69, 9.17) is 4.74 Å². The molecule has 5 heteroatoms. The molecule has 0 aliphatic rings. The molecule has 2 aromatic rings. The van der Waals surface area contributed by atoms with Crippen molar-refractivity contribution in [3.63, 3.8) is 0 Å². The standard InChI is InChI=1S/C19H18F3NO/c1-3-5-8-16-11-15(13-18(23-16)19(20,21)22)10-14-7-6-9-17(12-14)24-4-2/h3,5-9,11-13H,1,4,10H2,2H3/b8-5+. The highest BCUT2D eigenvalue weighted by molar-refractivity contribution is 5.49. The van der Waals surface area contributed by atoms with E-state index in [0.29, 0.717) is 24.3 Å². The van der Waals surface area contributed by atoms with Gasteiger partial charge in [-0.1, -0.05) is 30.9 Å². The van der Waals surface area contributed by atoms with Crippen molar-refractivity contribution >= 4 is 6.08 Å². The number of rotatable bonds is 6. The molecule has 1 aromatic heterocycles. The second-order valence-corrected chi connectivity index (χ2v) is 5.14. The molecule has 2 rings (SSSR count). The lowest BCUT2D eigenvalue weighted by Gasteiger charge is -2.11. The van der Waals surface area contributed by atoms with Gasteiger partial charge in [0.05, 0.1) is 12.3 Å². The number of benzene rings is 1. The summed E-state index contributed by atoms with van der Waals surface area (Å²) in [5.41, 5.74) is 0.763. The fourth-order valence-electron chi connectivity index (χ4n) is 2.26. The Balaban J connectivity index is 2.36. The van der Waals surface area contributed by atoms with Gasteiger partial charge >= 0.3 is 6.18 Å². The van der Waals surface area contributed by atoms with Crippen LogP contribution in [0.25, 0.3) is 6.08 Å². The van der Waals surface area contributed by atoms with E-state index in [1.54, 1.807) is 12.1 Å². The Morgan fingerprint density at radius 1 is 1.17 bits per heavy atom. The van der Waals surface area contributed by atoms with Gasteiger partial charge < -0.3 is 4.74 Å². The minimum absolute atomic E-state index is 0.251. The lowest BCUT2D eigenvalue weighted by molar-refractivity contribution is -0.141. The number of aromatic nitrogens is 1. The summed E-state index contributed by atoms with van der Waals surface area (Å²) in [5, 5.41) is 0. The van der Waals surface area contributed by atoms with E-state index in [1.165, 1.54) is 12.2 Å². The molecule has 0 aliphatic carbocycles. The topological polar surface area (TPSA) is 22.1 Å². The maximum absolute atomic E-state index is 13.0. The normalized spacial score (nSPS) is 11.7. The molecule has 0 bridgehead atoms. The van der Waals surface area contributed by atoms with Gasteiger partial charge in [0.15, 0.2) is 0 Å². The van der Waals surface area contributed by atoms with Gasteiger partial charge in [-0.3, -0.25) is 0 Å². The first kappa shape index (κ1) is 17.8. The van der Waals surface area contributed by atoms with Gasteiger partial charge in [0.1, 0.15) is 11.4 Å². The second kappa shape index (κ2) is 7.81. The fraction of sp³-hybridized carbons (Fsp3) is 0.211. The van der Waals surface area contributed by atoms with Crippen LogP contribution in [0, 0.1) is 0 Å². The van der Waals surface area contributed by atoms with Gasteiger partial charge in [-0.2, -0.15) is 13.2 Å². The third-order valence-electron chi connectivity index (χ3n) is 3.22. The average molecular weight is 333 g/mol. The lowest BCUT2D eigenvalue weighted by Crippen LogP contribution is -2.10. The first-order valence-electron chi connectivity index (χ1n) is 7.51. The number of hydrogen-bond acceptors (Lipinski definition) is 2.